The molecule has 1 N–H and O–H groups in total. The highest BCUT2D eigenvalue weighted by atomic mass is 16.5. The molecule has 3 aromatic rings. The van der Waals surface area contributed by atoms with Crippen LogP contribution in [0.3, 0.4) is 0 Å². The maximum Gasteiger partial charge on any atom is 0.279 e. The van der Waals surface area contributed by atoms with E-state index in [2.05, 4.69) is 15.3 Å². The number of rotatable bonds is 3. The number of aryl methyl sites for hydroxylation is 2. The second kappa shape index (κ2) is 8.01. The number of nitrogens with one attached hydrogen (secondary N) is 1. The summed E-state index contributed by atoms with van der Waals surface area (Å²) in [5, 5.41) is 7.67. The third kappa shape index (κ3) is 3.70. The van der Waals surface area contributed by atoms with Gasteiger partial charge >= 0.3 is 0 Å². The van der Waals surface area contributed by atoms with Crippen molar-refractivity contribution in [3.63, 3.8) is 0 Å². The summed E-state index contributed by atoms with van der Waals surface area (Å²) < 4.78 is 9.32. The van der Waals surface area contributed by atoms with E-state index in [0.717, 1.165) is 37.2 Å². The van der Waals surface area contributed by atoms with Crippen LogP contribution >= 0.6 is 0 Å². The lowest BCUT2D eigenvalue weighted by Gasteiger charge is -2.33. The monoisotopic (exact) mass is 424 g/mol. The van der Waals surface area contributed by atoms with Crippen molar-refractivity contribution in [2.75, 3.05) is 37.7 Å². The smallest absolute Gasteiger partial charge is 0.279 e. The van der Waals surface area contributed by atoms with E-state index in [9.17, 15) is 4.79 Å². The first kappa shape index (κ1) is 20.1. The number of fused-ring (bicyclic) bond motifs is 1. The van der Waals surface area contributed by atoms with Crippen LogP contribution in [0.4, 0.5) is 5.95 Å². The zero-order chi connectivity index (χ0) is 21.5. The van der Waals surface area contributed by atoms with Crippen molar-refractivity contribution >= 4 is 17.0 Å². The average molecular weight is 425 g/mol. The molecule has 164 valence electrons. The second-order valence-electron chi connectivity index (χ2n) is 8.41. The number of nitrogens with zero attached hydrogens (tertiary/aromatic N) is 7. The third-order valence-corrected chi connectivity index (χ3v) is 6.34. The van der Waals surface area contributed by atoms with Gasteiger partial charge in [0.15, 0.2) is 5.52 Å². The lowest BCUT2D eigenvalue weighted by atomic mass is 9.93. The molecular formula is C21H28N8O2. The Morgan fingerprint density at radius 3 is 2.68 bits per heavy atom. The van der Waals surface area contributed by atoms with E-state index in [1.807, 2.05) is 26.4 Å². The van der Waals surface area contributed by atoms with E-state index in [1.54, 1.807) is 16.3 Å². The predicted molar refractivity (Wildman–Crippen MR) is 116 cm³/mol. The highest BCUT2D eigenvalue weighted by Gasteiger charge is 2.28. The van der Waals surface area contributed by atoms with E-state index in [-0.39, 0.29) is 17.6 Å². The highest BCUT2D eigenvalue weighted by molar-refractivity contribution is 5.77. The standard InChI is InChI=1S/C21H28N8O2/c1-13-24-18-17(14-4-6-22-7-5-14)25-21(26-19(18)20(30)28(13)3)29-8-9-31-16(12-29)15-10-23-27(2)11-15/h10-11,14,16,22H,4-9,12H2,1-3H3. The fourth-order valence-electron chi connectivity index (χ4n) is 4.42. The van der Waals surface area contributed by atoms with Gasteiger partial charge in [0, 0.05) is 38.3 Å². The zero-order valence-corrected chi connectivity index (χ0v) is 18.2. The van der Waals surface area contributed by atoms with E-state index in [1.165, 1.54) is 0 Å². The minimum Gasteiger partial charge on any atom is -0.370 e. The molecule has 0 spiro atoms. The zero-order valence-electron chi connectivity index (χ0n) is 18.2. The van der Waals surface area contributed by atoms with Crippen LogP contribution in [-0.2, 0) is 18.8 Å². The van der Waals surface area contributed by atoms with Crippen molar-refractivity contribution in [2.24, 2.45) is 14.1 Å². The Morgan fingerprint density at radius 1 is 1.13 bits per heavy atom. The number of piperidine rings is 1. The molecule has 0 bridgehead atoms. The summed E-state index contributed by atoms with van der Waals surface area (Å²) in [7, 11) is 3.63. The summed E-state index contributed by atoms with van der Waals surface area (Å²) in [5.74, 6) is 1.52. The molecule has 31 heavy (non-hydrogen) atoms. The first-order chi connectivity index (χ1) is 15.0. The summed E-state index contributed by atoms with van der Waals surface area (Å²) in [5.41, 5.74) is 2.84. The summed E-state index contributed by atoms with van der Waals surface area (Å²) in [4.78, 5) is 29.6. The largest absolute Gasteiger partial charge is 0.370 e. The summed E-state index contributed by atoms with van der Waals surface area (Å²) in [6.45, 7) is 5.58. The minimum absolute atomic E-state index is 0.108. The molecule has 0 aliphatic carbocycles. The van der Waals surface area contributed by atoms with Crippen molar-refractivity contribution < 1.29 is 4.74 Å². The van der Waals surface area contributed by atoms with Gasteiger partial charge in [-0.3, -0.25) is 14.0 Å². The summed E-state index contributed by atoms with van der Waals surface area (Å²) in [6.07, 6.45) is 5.64. The van der Waals surface area contributed by atoms with Gasteiger partial charge in [0.05, 0.1) is 25.0 Å². The molecule has 1 unspecified atom stereocenters. The number of ether oxygens (including phenoxy) is 1. The van der Waals surface area contributed by atoms with Gasteiger partial charge in [-0.05, 0) is 32.9 Å². The fraction of sp³-hybridized carbons (Fsp3) is 0.571. The molecule has 5 heterocycles. The summed E-state index contributed by atoms with van der Waals surface area (Å²) >= 11 is 0. The van der Waals surface area contributed by atoms with Gasteiger partial charge in [0.1, 0.15) is 17.4 Å². The number of hydrogen-bond donors (Lipinski definition) is 1. The molecule has 0 aromatic carbocycles. The van der Waals surface area contributed by atoms with Gasteiger partial charge in [-0.1, -0.05) is 0 Å². The molecule has 0 radical (unpaired) electrons. The Labute approximate surface area is 180 Å². The average Bonchev–Trinajstić information content (AvgIpc) is 3.24. The molecule has 10 heteroatoms. The van der Waals surface area contributed by atoms with Crippen LogP contribution in [0.2, 0.25) is 0 Å². The molecule has 2 aliphatic rings. The number of morpholine rings is 1. The van der Waals surface area contributed by atoms with Crippen molar-refractivity contribution in [3.05, 3.63) is 39.8 Å². The normalized spacial score (nSPS) is 20.5. The van der Waals surface area contributed by atoms with Gasteiger partial charge in [-0.25, -0.2) is 15.0 Å². The molecular weight excluding hydrogens is 396 g/mol. The van der Waals surface area contributed by atoms with Crippen LogP contribution in [0, 0.1) is 6.92 Å². The Kier molecular flexibility index (Phi) is 5.19. The molecule has 10 nitrogen and oxygen atoms in total. The van der Waals surface area contributed by atoms with Crippen molar-refractivity contribution in [3.8, 4) is 0 Å². The van der Waals surface area contributed by atoms with Crippen molar-refractivity contribution in [2.45, 2.75) is 31.8 Å². The third-order valence-electron chi connectivity index (χ3n) is 6.34. The van der Waals surface area contributed by atoms with E-state index < -0.39 is 0 Å². The van der Waals surface area contributed by atoms with Crippen molar-refractivity contribution in [1.82, 2.24) is 34.6 Å². The number of aromatic nitrogens is 6. The first-order valence-corrected chi connectivity index (χ1v) is 10.8. The van der Waals surface area contributed by atoms with Gasteiger partial charge in [-0.2, -0.15) is 5.10 Å². The highest BCUT2D eigenvalue weighted by Crippen LogP contribution is 2.31. The van der Waals surface area contributed by atoms with E-state index in [0.29, 0.717) is 42.5 Å². The maximum absolute atomic E-state index is 13.1. The maximum atomic E-state index is 13.1. The van der Waals surface area contributed by atoms with Gasteiger partial charge in [-0.15, -0.1) is 0 Å². The SMILES string of the molecule is Cc1nc2c(C3CCNCC3)nc(N3CCOC(c4cnn(C)c4)C3)nc2c(=O)n1C. The Morgan fingerprint density at radius 2 is 1.94 bits per heavy atom. The number of anilines is 1. The molecule has 0 amide bonds. The van der Waals surface area contributed by atoms with E-state index in [4.69, 9.17) is 19.7 Å². The van der Waals surface area contributed by atoms with Gasteiger partial charge < -0.3 is 15.0 Å². The van der Waals surface area contributed by atoms with Crippen LogP contribution in [0.15, 0.2) is 17.2 Å². The molecule has 3 aromatic heterocycles. The van der Waals surface area contributed by atoms with Crippen LogP contribution in [0.25, 0.3) is 11.0 Å². The van der Waals surface area contributed by atoms with Gasteiger partial charge in [0.25, 0.3) is 5.56 Å². The first-order valence-electron chi connectivity index (χ1n) is 10.8. The Bertz CT molecular complexity index is 1160. The fourth-order valence-corrected chi connectivity index (χ4v) is 4.42. The second-order valence-corrected chi connectivity index (χ2v) is 8.41. The Balaban J connectivity index is 1.59. The van der Waals surface area contributed by atoms with E-state index >= 15 is 0 Å². The van der Waals surface area contributed by atoms with Gasteiger partial charge in [0.2, 0.25) is 5.95 Å². The lowest BCUT2D eigenvalue weighted by Crippen LogP contribution is -2.40. The number of hydrogen-bond acceptors (Lipinski definition) is 8. The lowest BCUT2D eigenvalue weighted by molar-refractivity contribution is 0.0392. The molecule has 2 aliphatic heterocycles. The van der Waals surface area contributed by atoms with Crippen LogP contribution in [-0.4, -0.2) is 62.1 Å². The van der Waals surface area contributed by atoms with Crippen molar-refractivity contribution in [1.29, 1.82) is 0 Å². The summed E-state index contributed by atoms with van der Waals surface area (Å²) in [6, 6.07) is 0. The Hall–Kier alpha value is -2.85. The minimum atomic E-state index is -0.126. The van der Waals surface area contributed by atoms with Crippen LogP contribution < -0.4 is 15.8 Å². The molecule has 1 atom stereocenters. The molecule has 0 saturated carbocycles. The quantitative estimate of drug-likeness (QED) is 0.659. The van der Waals surface area contributed by atoms with Crippen LogP contribution in [0.5, 0.6) is 0 Å². The molecule has 2 saturated heterocycles. The molecule has 2 fully saturated rings. The predicted octanol–water partition coefficient (Wildman–Crippen LogP) is 0.810. The molecule has 5 rings (SSSR count). The topological polar surface area (TPSA) is 103 Å². The van der Waals surface area contributed by atoms with Crippen LogP contribution in [0.1, 0.15) is 41.9 Å².